The molecule has 3 rings (SSSR count). The van der Waals surface area contributed by atoms with E-state index in [-0.39, 0.29) is 49.2 Å². The lowest BCUT2D eigenvalue weighted by Gasteiger charge is -2.34. The first-order valence-corrected chi connectivity index (χ1v) is 9.39. The van der Waals surface area contributed by atoms with Crippen LogP contribution in [0.5, 0.6) is 0 Å². The highest BCUT2D eigenvalue weighted by atomic mass is 35.5. The fourth-order valence-electron chi connectivity index (χ4n) is 3.38. The van der Waals surface area contributed by atoms with Gasteiger partial charge in [-0.3, -0.25) is 9.69 Å². The second-order valence-corrected chi connectivity index (χ2v) is 6.83. The molecule has 2 N–H and O–H groups in total. The zero-order valence-electron chi connectivity index (χ0n) is 16.2. The number of carbonyl (C=O) groups is 1. The molecule has 162 valence electrons. The normalized spacial score (nSPS) is 20.2. The molecule has 2 heterocycles. The minimum absolute atomic E-state index is 0. The molecule has 1 unspecified atom stereocenters. The maximum Gasteiger partial charge on any atom is 0.239 e. The molecule has 0 bridgehead atoms. The maximum absolute atomic E-state index is 12.0. The van der Waals surface area contributed by atoms with Gasteiger partial charge in [0.1, 0.15) is 6.04 Å². The van der Waals surface area contributed by atoms with Crippen molar-refractivity contribution in [1.29, 1.82) is 0 Å². The molecule has 0 aliphatic carbocycles. The average molecular weight is 456 g/mol. The molecule has 2 aliphatic rings. The molecule has 0 saturated carbocycles. The maximum atomic E-state index is 12.0. The van der Waals surface area contributed by atoms with Gasteiger partial charge in [0.25, 0.3) is 0 Å². The molecule has 6 nitrogen and oxygen atoms in total. The standard InChI is InChI=1S/C19H30N4O2.3ClH/c24-19(18-16-25-14-8-20-18)21-7-4-9-22-10-12-23(13-11-22)15-17-5-2-1-3-6-17;;;/h1-3,5-6,18,20H,4,7-16H2,(H,21,24);3*1H. The van der Waals surface area contributed by atoms with Crippen LogP contribution in [0.4, 0.5) is 0 Å². The predicted molar refractivity (Wildman–Crippen MR) is 120 cm³/mol. The Balaban J connectivity index is 0.00000243. The van der Waals surface area contributed by atoms with Gasteiger partial charge in [0, 0.05) is 45.8 Å². The van der Waals surface area contributed by atoms with Gasteiger partial charge >= 0.3 is 0 Å². The first kappa shape index (κ1) is 27.4. The third kappa shape index (κ3) is 9.27. The van der Waals surface area contributed by atoms with E-state index in [2.05, 4.69) is 50.8 Å². The molecule has 0 aromatic heterocycles. The van der Waals surface area contributed by atoms with Crippen molar-refractivity contribution < 1.29 is 9.53 Å². The van der Waals surface area contributed by atoms with Crippen LogP contribution in [-0.2, 0) is 16.1 Å². The highest BCUT2D eigenvalue weighted by Gasteiger charge is 2.21. The fourth-order valence-corrected chi connectivity index (χ4v) is 3.38. The van der Waals surface area contributed by atoms with E-state index in [0.717, 1.165) is 58.8 Å². The van der Waals surface area contributed by atoms with Crippen LogP contribution in [0.25, 0.3) is 0 Å². The number of benzene rings is 1. The van der Waals surface area contributed by atoms with Gasteiger partial charge < -0.3 is 20.3 Å². The second kappa shape index (κ2) is 15.3. The summed E-state index contributed by atoms with van der Waals surface area (Å²) >= 11 is 0. The molecule has 0 radical (unpaired) electrons. The van der Waals surface area contributed by atoms with Crippen LogP contribution < -0.4 is 10.6 Å². The van der Waals surface area contributed by atoms with E-state index in [0.29, 0.717) is 13.2 Å². The van der Waals surface area contributed by atoms with Crippen LogP contribution >= 0.6 is 37.2 Å². The summed E-state index contributed by atoms with van der Waals surface area (Å²) in [6.07, 6.45) is 0.998. The summed E-state index contributed by atoms with van der Waals surface area (Å²) in [5, 5.41) is 6.20. The summed E-state index contributed by atoms with van der Waals surface area (Å²) in [6, 6.07) is 10.5. The highest BCUT2D eigenvalue weighted by Crippen LogP contribution is 2.08. The van der Waals surface area contributed by atoms with Crippen molar-refractivity contribution in [1.82, 2.24) is 20.4 Å². The quantitative estimate of drug-likeness (QED) is 0.611. The molecule has 1 amide bonds. The monoisotopic (exact) mass is 454 g/mol. The third-order valence-electron chi connectivity index (χ3n) is 4.90. The Morgan fingerprint density at radius 3 is 2.39 bits per heavy atom. The molecule has 2 fully saturated rings. The molecule has 1 aromatic carbocycles. The molecule has 2 saturated heterocycles. The van der Waals surface area contributed by atoms with Crippen LogP contribution in [0.2, 0.25) is 0 Å². The number of morpholine rings is 1. The van der Waals surface area contributed by atoms with E-state index in [9.17, 15) is 4.79 Å². The zero-order valence-corrected chi connectivity index (χ0v) is 18.6. The molecule has 1 atom stereocenters. The number of nitrogens with zero attached hydrogens (tertiary/aromatic N) is 2. The molecular formula is C19H33Cl3N4O2. The van der Waals surface area contributed by atoms with Crippen LogP contribution in [0.3, 0.4) is 0 Å². The van der Waals surface area contributed by atoms with Crippen molar-refractivity contribution in [2.24, 2.45) is 0 Å². The number of ether oxygens (including phenoxy) is 1. The minimum Gasteiger partial charge on any atom is -0.378 e. The molecule has 9 heteroatoms. The second-order valence-electron chi connectivity index (χ2n) is 6.83. The van der Waals surface area contributed by atoms with Crippen molar-refractivity contribution in [3.8, 4) is 0 Å². The minimum atomic E-state index is -0.185. The molecule has 1 aromatic rings. The van der Waals surface area contributed by atoms with Crippen LogP contribution in [0, 0.1) is 0 Å². The fraction of sp³-hybridized carbons (Fsp3) is 0.632. The number of halogens is 3. The van der Waals surface area contributed by atoms with Crippen molar-refractivity contribution in [3.63, 3.8) is 0 Å². The summed E-state index contributed by atoms with van der Waals surface area (Å²) in [5.41, 5.74) is 1.39. The van der Waals surface area contributed by atoms with Crippen molar-refractivity contribution in [3.05, 3.63) is 35.9 Å². The van der Waals surface area contributed by atoms with E-state index in [4.69, 9.17) is 4.74 Å². The number of hydrogen-bond acceptors (Lipinski definition) is 5. The van der Waals surface area contributed by atoms with E-state index < -0.39 is 0 Å². The molecule has 2 aliphatic heterocycles. The van der Waals surface area contributed by atoms with Crippen LogP contribution in [0.15, 0.2) is 30.3 Å². The predicted octanol–water partition coefficient (Wildman–Crippen LogP) is 1.56. The van der Waals surface area contributed by atoms with E-state index in [1.807, 2.05) is 0 Å². The number of carbonyl (C=O) groups excluding carboxylic acids is 1. The number of hydrogen-bond donors (Lipinski definition) is 2. The van der Waals surface area contributed by atoms with Gasteiger partial charge in [-0.15, -0.1) is 37.2 Å². The number of amides is 1. The van der Waals surface area contributed by atoms with Gasteiger partial charge in [-0.2, -0.15) is 0 Å². The van der Waals surface area contributed by atoms with Gasteiger partial charge in [-0.1, -0.05) is 30.3 Å². The van der Waals surface area contributed by atoms with Crippen molar-refractivity contribution in [2.75, 3.05) is 59.0 Å². The first-order valence-electron chi connectivity index (χ1n) is 9.39. The van der Waals surface area contributed by atoms with Crippen LogP contribution in [0.1, 0.15) is 12.0 Å². The Kier molecular flexibility index (Phi) is 14.9. The third-order valence-corrected chi connectivity index (χ3v) is 4.90. The van der Waals surface area contributed by atoms with E-state index >= 15 is 0 Å². The highest BCUT2D eigenvalue weighted by molar-refractivity contribution is 5.86. The topological polar surface area (TPSA) is 56.8 Å². The lowest BCUT2D eigenvalue weighted by Crippen LogP contribution is -2.51. The van der Waals surface area contributed by atoms with Gasteiger partial charge in [-0.05, 0) is 18.5 Å². The summed E-state index contributed by atoms with van der Waals surface area (Å²) < 4.78 is 5.32. The van der Waals surface area contributed by atoms with Gasteiger partial charge in [0.2, 0.25) is 5.91 Å². The van der Waals surface area contributed by atoms with Gasteiger partial charge in [0.05, 0.1) is 13.2 Å². The van der Waals surface area contributed by atoms with Gasteiger partial charge in [-0.25, -0.2) is 0 Å². The Morgan fingerprint density at radius 2 is 1.75 bits per heavy atom. The lowest BCUT2D eigenvalue weighted by molar-refractivity contribution is -0.125. The van der Waals surface area contributed by atoms with Crippen LogP contribution in [-0.4, -0.2) is 80.8 Å². The number of rotatable bonds is 7. The average Bonchev–Trinajstić information content (AvgIpc) is 2.68. The summed E-state index contributed by atoms with van der Waals surface area (Å²) in [5.74, 6) is 0.0624. The zero-order chi connectivity index (χ0) is 17.3. The summed E-state index contributed by atoms with van der Waals surface area (Å²) in [7, 11) is 0. The summed E-state index contributed by atoms with van der Waals surface area (Å²) in [4.78, 5) is 17.0. The molecule has 28 heavy (non-hydrogen) atoms. The van der Waals surface area contributed by atoms with E-state index in [1.54, 1.807) is 0 Å². The SMILES string of the molecule is Cl.Cl.Cl.O=C(NCCCN1CCN(Cc2ccccc2)CC1)C1COCCN1. The first-order chi connectivity index (χ1) is 12.3. The Morgan fingerprint density at radius 1 is 1.07 bits per heavy atom. The smallest absolute Gasteiger partial charge is 0.239 e. The van der Waals surface area contributed by atoms with Crippen molar-refractivity contribution >= 4 is 43.1 Å². The summed E-state index contributed by atoms with van der Waals surface area (Å²) in [6.45, 7) is 9.21. The number of nitrogens with one attached hydrogen (secondary N) is 2. The Hall–Kier alpha value is -0.600. The van der Waals surface area contributed by atoms with E-state index in [1.165, 1.54) is 5.56 Å². The lowest BCUT2D eigenvalue weighted by atomic mass is 10.2. The van der Waals surface area contributed by atoms with Gasteiger partial charge in [0.15, 0.2) is 0 Å². The van der Waals surface area contributed by atoms with Crippen molar-refractivity contribution in [2.45, 2.75) is 19.0 Å². The Labute approximate surface area is 187 Å². The number of piperazine rings is 1. The molecule has 0 spiro atoms. The Bertz CT molecular complexity index is 525. The molecular weight excluding hydrogens is 423 g/mol. The largest absolute Gasteiger partial charge is 0.378 e.